The van der Waals surface area contributed by atoms with E-state index in [-0.39, 0.29) is 30.9 Å². The molecule has 0 radical (unpaired) electrons. The van der Waals surface area contributed by atoms with Crippen LogP contribution in [0, 0.1) is 0 Å². The van der Waals surface area contributed by atoms with Gasteiger partial charge in [-0.05, 0) is 41.5 Å². The third-order valence-electron chi connectivity index (χ3n) is 8.63. The second kappa shape index (κ2) is 13.4. The maximum Gasteiger partial charge on any atom is 0.272 e. The number of amides is 3. The maximum atomic E-state index is 13.9. The summed E-state index contributed by atoms with van der Waals surface area (Å²) in [4.78, 5) is 50.7. The zero-order chi connectivity index (χ0) is 33.0. The normalized spacial score (nSPS) is 18.1. The number of carbonyl (C=O) groups is 3. The van der Waals surface area contributed by atoms with E-state index in [1.807, 2.05) is 73.8 Å². The van der Waals surface area contributed by atoms with Gasteiger partial charge in [-0.25, -0.2) is 4.98 Å². The van der Waals surface area contributed by atoms with Gasteiger partial charge in [0.05, 0.1) is 17.8 Å². The summed E-state index contributed by atoms with van der Waals surface area (Å²) in [5, 5.41) is 6.02. The van der Waals surface area contributed by atoms with Crippen molar-refractivity contribution in [2.75, 3.05) is 19.7 Å². The number of fused-ring (bicyclic) bond motifs is 7. The molecule has 5 aromatic rings. The van der Waals surface area contributed by atoms with Crippen LogP contribution in [0.5, 0.6) is 11.5 Å². The molecule has 0 unspecified atom stereocenters. The zero-order valence-electron chi connectivity index (χ0n) is 26.3. The molecule has 0 spiro atoms. The zero-order valence-corrected chi connectivity index (χ0v) is 26.3. The fraction of sp³-hybridized carbons (Fsp3) is 0.216. The summed E-state index contributed by atoms with van der Waals surface area (Å²) in [5.41, 5.74) is 4.12. The fourth-order valence-electron chi connectivity index (χ4n) is 6.02. The van der Waals surface area contributed by atoms with Crippen LogP contribution in [0.1, 0.15) is 32.8 Å². The molecular weight excluding hydrogens is 608 g/mol. The Labute approximate surface area is 277 Å². The minimum atomic E-state index is -0.526. The van der Waals surface area contributed by atoms with Crippen molar-refractivity contribution in [3.8, 4) is 34.0 Å². The molecule has 1 fully saturated rings. The van der Waals surface area contributed by atoms with Gasteiger partial charge in [-0.3, -0.25) is 19.4 Å². The topological polar surface area (TPSA) is 128 Å². The van der Waals surface area contributed by atoms with Crippen molar-refractivity contribution in [2.24, 2.45) is 7.05 Å². The number of carbonyl (C=O) groups excluding carboxylic acids is 3. The number of rotatable bonds is 2. The molecule has 3 aliphatic rings. The average molecular weight is 643 g/mol. The molecule has 0 aliphatic carbocycles. The Morgan fingerprint density at radius 1 is 0.854 bits per heavy atom. The number of benzene rings is 3. The predicted octanol–water partition coefficient (Wildman–Crippen LogP) is 4.25. The second-order valence-corrected chi connectivity index (χ2v) is 11.9. The van der Waals surface area contributed by atoms with Crippen molar-refractivity contribution in [2.45, 2.75) is 25.1 Å². The molecule has 6 bridgehead atoms. The van der Waals surface area contributed by atoms with Crippen molar-refractivity contribution in [1.29, 1.82) is 0 Å². The highest BCUT2D eigenvalue weighted by molar-refractivity contribution is 5.96. The monoisotopic (exact) mass is 642 g/mol. The van der Waals surface area contributed by atoms with Crippen LogP contribution >= 0.6 is 0 Å². The van der Waals surface area contributed by atoms with Crippen LogP contribution in [0.2, 0.25) is 0 Å². The van der Waals surface area contributed by atoms with E-state index >= 15 is 0 Å². The lowest BCUT2D eigenvalue weighted by atomic mass is 10.00. The van der Waals surface area contributed by atoms with Gasteiger partial charge in [-0.1, -0.05) is 54.6 Å². The number of aromatic nitrogens is 3. The summed E-state index contributed by atoms with van der Waals surface area (Å²) in [7, 11) is 1.83. The third-order valence-corrected chi connectivity index (χ3v) is 8.63. The van der Waals surface area contributed by atoms with Gasteiger partial charge in [0, 0.05) is 56.6 Å². The van der Waals surface area contributed by atoms with Crippen LogP contribution in [-0.4, -0.2) is 69.0 Å². The van der Waals surface area contributed by atoms with Gasteiger partial charge in [-0.15, -0.1) is 0 Å². The van der Waals surface area contributed by atoms with Crippen LogP contribution in [0.3, 0.4) is 0 Å². The first-order valence-electron chi connectivity index (χ1n) is 15.8. The Morgan fingerprint density at radius 2 is 1.65 bits per heavy atom. The number of nitrogens with one attached hydrogen (secondary N) is 2. The highest BCUT2D eigenvalue weighted by Gasteiger charge is 2.35. The molecule has 2 atom stereocenters. The Hall–Kier alpha value is -5.97. The van der Waals surface area contributed by atoms with Gasteiger partial charge < -0.3 is 29.6 Å². The summed E-state index contributed by atoms with van der Waals surface area (Å²) < 4.78 is 14.0. The Kier molecular flexibility index (Phi) is 8.57. The number of piperidine rings is 1. The van der Waals surface area contributed by atoms with Gasteiger partial charge in [0.1, 0.15) is 29.1 Å². The van der Waals surface area contributed by atoms with Crippen molar-refractivity contribution in [3.05, 3.63) is 120 Å². The quantitative estimate of drug-likeness (QED) is 0.295. The van der Waals surface area contributed by atoms with Gasteiger partial charge in [0.15, 0.2) is 6.61 Å². The summed E-state index contributed by atoms with van der Waals surface area (Å²) in [6.45, 7) is 0.863. The lowest BCUT2D eigenvalue weighted by molar-refractivity contribution is -0.123. The summed E-state index contributed by atoms with van der Waals surface area (Å²) in [6.07, 6.45) is 4.86. The molecule has 1 saturated heterocycles. The van der Waals surface area contributed by atoms with E-state index in [0.29, 0.717) is 53.7 Å². The third kappa shape index (κ3) is 6.61. The molecule has 2 aromatic heterocycles. The Bertz CT molecular complexity index is 1960. The first-order chi connectivity index (χ1) is 23.4. The molecule has 48 heavy (non-hydrogen) atoms. The molecule has 2 N–H and O–H groups in total. The molecule has 0 saturated carbocycles. The van der Waals surface area contributed by atoms with Crippen LogP contribution in [0.15, 0.2) is 104 Å². The molecule has 3 amide bonds. The largest absolute Gasteiger partial charge is 0.488 e. The fourth-order valence-corrected chi connectivity index (χ4v) is 6.02. The Balaban J connectivity index is 1.18. The summed E-state index contributed by atoms with van der Waals surface area (Å²) in [6, 6.07) is 25.7. The maximum absolute atomic E-state index is 13.9. The van der Waals surface area contributed by atoms with E-state index in [1.54, 1.807) is 40.1 Å². The molecule has 8 rings (SSSR count). The van der Waals surface area contributed by atoms with Crippen molar-refractivity contribution < 1.29 is 23.9 Å². The first-order valence-corrected chi connectivity index (χ1v) is 15.8. The highest BCUT2D eigenvalue weighted by atomic mass is 16.5. The minimum Gasteiger partial charge on any atom is -0.488 e. The standard InChI is InChI=1S/C37H34N6O5/c1-42-32(21-40-35(42)25-6-3-2-4-7-25)37(46)43-15-14-33-31(22-43)41-36(45)28-16-27(19-38-20-28)26-8-5-9-30(17-26)47-23-34(44)39-18-24-10-12-29(48-33)13-11-24/h2-13,16-17,19-21,31,33H,14-15,18,22-23H2,1H3,(H,39,44)(H,41,45)/t31-,33+/m1/s1. The van der Waals surface area contributed by atoms with E-state index in [4.69, 9.17) is 9.47 Å². The highest BCUT2D eigenvalue weighted by Crippen LogP contribution is 2.26. The second-order valence-electron chi connectivity index (χ2n) is 11.9. The summed E-state index contributed by atoms with van der Waals surface area (Å²) in [5.74, 6) is 1.07. The number of hydrogen-bond donors (Lipinski definition) is 2. The van der Waals surface area contributed by atoms with Crippen LogP contribution in [-0.2, 0) is 18.4 Å². The van der Waals surface area contributed by atoms with Gasteiger partial charge in [0.25, 0.3) is 17.7 Å². The number of hydrogen-bond acceptors (Lipinski definition) is 7. The van der Waals surface area contributed by atoms with Gasteiger partial charge in [0.2, 0.25) is 0 Å². The summed E-state index contributed by atoms with van der Waals surface area (Å²) >= 11 is 0. The van der Waals surface area contributed by atoms with E-state index < -0.39 is 12.1 Å². The molecule has 3 aromatic carbocycles. The SMILES string of the molecule is Cn1c(C(=O)N2CC[C@@H]3Oc4ccc(cc4)CNC(=O)COc4cccc(c4)-c4cncc(c4)C(=O)N[C@@H]3C2)cnc1-c1ccccc1. The molecule has 3 aliphatic heterocycles. The molecular formula is C37H34N6O5. The van der Waals surface area contributed by atoms with E-state index in [0.717, 1.165) is 16.7 Å². The van der Waals surface area contributed by atoms with Crippen molar-refractivity contribution in [3.63, 3.8) is 0 Å². The smallest absolute Gasteiger partial charge is 0.272 e. The minimum absolute atomic E-state index is 0.136. The molecule has 11 nitrogen and oxygen atoms in total. The Morgan fingerprint density at radius 3 is 2.48 bits per heavy atom. The number of pyridine rings is 1. The van der Waals surface area contributed by atoms with Gasteiger partial charge in [-0.2, -0.15) is 0 Å². The van der Waals surface area contributed by atoms with Crippen molar-refractivity contribution in [1.82, 2.24) is 30.1 Å². The average Bonchev–Trinajstić information content (AvgIpc) is 3.51. The number of imidazole rings is 1. The lowest BCUT2D eigenvalue weighted by Gasteiger charge is -2.38. The lowest BCUT2D eigenvalue weighted by Crippen LogP contribution is -2.58. The first kappa shape index (κ1) is 30.7. The van der Waals surface area contributed by atoms with Crippen molar-refractivity contribution >= 4 is 17.7 Å². The molecule has 242 valence electrons. The molecule has 11 heteroatoms. The number of ether oxygens (including phenoxy) is 2. The van der Waals surface area contributed by atoms with Crippen LogP contribution in [0.25, 0.3) is 22.5 Å². The van der Waals surface area contributed by atoms with E-state index in [9.17, 15) is 14.4 Å². The molecule has 5 heterocycles. The number of nitrogens with zero attached hydrogens (tertiary/aromatic N) is 4. The van der Waals surface area contributed by atoms with Crippen LogP contribution < -0.4 is 20.1 Å². The van der Waals surface area contributed by atoms with Crippen LogP contribution in [0.4, 0.5) is 0 Å². The predicted molar refractivity (Wildman–Crippen MR) is 178 cm³/mol. The van der Waals surface area contributed by atoms with Gasteiger partial charge >= 0.3 is 0 Å². The van der Waals surface area contributed by atoms with E-state index in [2.05, 4.69) is 20.6 Å². The number of likely N-dealkylation sites (tertiary alicyclic amines) is 1. The van der Waals surface area contributed by atoms with E-state index in [1.165, 1.54) is 6.20 Å².